The van der Waals surface area contributed by atoms with E-state index in [1.807, 2.05) is 12.1 Å². The molecule has 0 aliphatic carbocycles. The summed E-state index contributed by atoms with van der Waals surface area (Å²) in [7, 11) is 0. The smallest absolute Gasteiger partial charge is 0.150 e. The van der Waals surface area contributed by atoms with Crippen molar-refractivity contribution >= 4 is 22.2 Å². The Morgan fingerprint density at radius 3 is 2.33 bits per heavy atom. The van der Waals surface area contributed by atoms with Crippen LogP contribution in [0.1, 0.15) is 43.1 Å². The van der Waals surface area contributed by atoms with E-state index in [1.165, 1.54) is 5.56 Å². The minimum atomic E-state index is 0.171. The summed E-state index contributed by atoms with van der Waals surface area (Å²) in [5.74, 6) is 1.48. The van der Waals surface area contributed by atoms with Gasteiger partial charge in [-0.2, -0.15) is 0 Å². The molecule has 0 saturated heterocycles. The fraction of sp³-hybridized carbons (Fsp3) is 0.278. The van der Waals surface area contributed by atoms with Crippen molar-refractivity contribution in [3.63, 3.8) is 0 Å². The van der Waals surface area contributed by atoms with Crippen LogP contribution in [-0.2, 0) is 5.41 Å². The van der Waals surface area contributed by atoms with Gasteiger partial charge in [0.15, 0.2) is 0 Å². The second-order valence-electron chi connectivity index (χ2n) is 5.67. The van der Waals surface area contributed by atoms with E-state index in [0.29, 0.717) is 11.3 Å². The van der Waals surface area contributed by atoms with Gasteiger partial charge in [-0.25, -0.2) is 0 Å². The first kappa shape index (κ1) is 15.8. The number of carbonyl (C=O) groups is 1. The summed E-state index contributed by atoms with van der Waals surface area (Å²) in [6, 6.07) is 13.4. The van der Waals surface area contributed by atoms with Gasteiger partial charge in [0.1, 0.15) is 17.8 Å². The minimum absolute atomic E-state index is 0.171. The lowest BCUT2D eigenvalue weighted by atomic mass is 9.82. The average molecular weight is 347 g/mol. The van der Waals surface area contributed by atoms with Crippen molar-refractivity contribution in [2.24, 2.45) is 0 Å². The second kappa shape index (κ2) is 6.44. The highest BCUT2D eigenvalue weighted by Gasteiger charge is 2.17. The van der Waals surface area contributed by atoms with E-state index in [2.05, 4.69) is 48.8 Å². The summed E-state index contributed by atoms with van der Waals surface area (Å²) < 4.78 is 6.62. The molecule has 0 radical (unpaired) electrons. The number of hydrogen-bond acceptors (Lipinski definition) is 2. The van der Waals surface area contributed by atoms with Crippen LogP contribution in [0.15, 0.2) is 46.9 Å². The largest absolute Gasteiger partial charge is 0.456 e. The Labute approximate surface area is 134 Å². The van der Waals surface area contributed by atoms with Crippen LogP contribution in [0.25, 0.3) is 0 Å². The molecule has 2 aromatic rings. The van der Waals surface area contributed by atoms with E-state index >= 15 is 0 Å². The van der Waals surface area contributed by atoms with Crippen molar-refractivity contribution < 1.29 is 9.53 Å². The third-order valence-corrected chi connectivity index (χ3v) is 4.46. The van der Waals surface area contributed by atoms with Crippen LogP contribution >= 0.6 is 15.9 Å². The molecular weight excluding hydrogens is 328 g/mol. The molecule has 0 spiro atoms. The lowest BCUT2D eigenvalue weighted by molar-refractivity contribution is 0.112. The highest BCUT2D eigenvalue weighted by molar-refractivity contribution is 9.10. The third kappa shape index (κ3) is 3.73. The molecule has 0 aliphatic rings. The Morgan fingerprint density at radius 2 is 1.81 bits per heavy atom. The number of aldehydes is 1. The van der Waals surface area contributed by atoms with Gasteiger partial charge in [0, 0.05) is 5.56 Å². The molecular formula is C18H19BrO2. The fourth-order valence-electron chi connectivity index (χ4n) is 1.98. The molecule has 0 atom stereocenters. The van der Waals surface area contributed by atoms with Gasteiger partial charge in [-0.1, -0.05) is 32.9 Å². The van der Waals surface area contributed by atoms with E-state index in [0.717, 1.165) is 22.9 Å². The number of halogens is 1. The van der Waals surface area contributed by atoms with Crippen LogP contribution in [0, 0.1) is 0 Å². The van der Waals surface area contributed by atoms with Gasteiger partial charge in [0.2, 0.25) is 0 Å². The van der Waals surface area contributed by atoms with Crippen LogP contribution in [0.4, 0.5) is 0 Å². The maximum absolute atomic E-state index is 10.7. The lowest BCUT2D eigenvalue weighted by Crippen LogP contribution is -2.14. The summed E-state index contributed by atoms with van der Waals surface area (Å²) in [4.78, 5) is 10.7. The predicted molar refractivity (Wildman–Crippen MR) is 89.4 cm³/mol. The van der Waals surface area contributed by atoms with E-state index < -0.39 is 0 Å². The molecule has 2 rings (SSSR count). The van der Waals surface area contributed by atoms with E-state index in [4.69, 9.17) is 4.74 Å². The highest BCUT2D eigenvalue weighted by Crippen LogP contribution is 2.32. The van der Waals surface area contributed by atoms with Crippen molar-refractivity contribution in [3.8, 4) is 11.5 Å². The summed E-state index contributed by atoms with van der Waals surface area (Å²) in [6.07, 6.45) is 1.90. The molecule has 0 saturated carbocycles. The molecule has 3 heteroatoms. The van der Waals surface area contributed by atoms with Gasteiger partial charge in [0.25, 0.3) is 0 Å². The summed E-state index contributed by atoms with van der Waals surface area (Å²) in [6.45, 7) is 6.66. The molecule has 0 heterocycles. The van der Waals surface area contributed by atoms with Crippen molar-refractivity contribution in [1.29, 1.82) is 0 Å². The molecule has 21 heavy (non-hydrogen) atoms. The maximum Gasteiger partial charge on any atom is 0.150 e. The molecule has 0 amide bonds. The molecule has 0 N–H and O–H groups in total. The molecule has 0 fully saturated rings. The molecule has 0 aliphatic heterocycles. The van der Waals surface area contributed by atoms with Crippen LogP contribution in [0.3, 0.4) is 0 Å². The standard InChI is InChI=1S/C18H19BrO2/c1-4-18(2,3)14-6-8-15(9-7-14)21-17-10-5-13(12-20)11-16(17)19/h5-12H,4H2,1-3H3. The van der Waals surface area contributed by atoms with Gasteiger partial charge in [-0.3, -0.25) is 4.79 Å². The Bertz CT molecular complexity index is 630. The zero-order valence-corrected chi connectivity index (χ0v) is 14.1. The maximum atomic E-state index is 10.7. The number of rotatable bonds is 5. The highest BCUT2D eigenvalue weighted by atomic mass is 79.9. The van der Waals surface area contributed by atoms with Crippen molar-refractivity contribution in [3.05, 3.63) is 58.1 Å². The van der Waals surface area contributed by atoms with Crippen LogP contribution < -0.4 is 4.74 Å². The zero-order chi connectivity index (χ0) is 15.5. The van der Waals surface area contributed by atoms with Gasteiger partial charge in [-0.05, 0) is 63.7 Å². The summed E-state index contributed by atoms with van der Waals surface area (Å²) in [5, 5.41) is 0. The SMILES string of the molecule is CCC(C)(C)c1ccc(Oc2ccc(C=O)cc2Br)cc1. The topological polar surface area (TPSA) is 26.3 Å². The Kier molecular flexibility index (Phi) is 4.84. The fourth-order valence-corrected chi connectivity index (χ4v) is 2.46. The number of hydrogen-bond donors (Lipinski definition) is 0. The second-order valence-corrected chi connectivity index (χ2v) is 6.53. The Morgan fingerprint density at radius 1 is 1.14 bits per heavy atom. The van der Waals surface area contributed by atoms with Crippen molar-refractivity contribution in [2.75, 3.05) is 0 Å². The van der Waals surface area contributed by atoms with Gasteiger partial charge in [0.05, 0.1) is 4.47 Å². The van der Waals surface area contributed by atoms with Crippen molar-refractivity contribution in [2.45, 2.75) is 32.6 Å². The summed E-state index contributed by atoms with van der Waals surface area (Å²) >= 11 is 3.42. The minimum Gasteiger partial charge on any atom is -0.456 e. The third-order valence-electron chi connectivity index (χ3n) is 3.84. The molecule has 2 aromatic carbocycles. The molecule has 0 aromatic heterocycles. The van der Waals surface area contributed by atoms with E-state index in [1.54, 1.807) is 18.2 Å². The first-order chi connectivity index (χ1) is 9.96. The van der Waals surface area contributed by atoms with E-state index in [-0.39, 0.29) is 5.41 Å². The molecule has 0 unspecified atom stereocenters. The summed E-state index contributed by atoms with van der Waals surface area (Å²) in [5.41, 5.74) is 2.09. The van der Waals surface area contributed by atoms with Crippen LogP contribution in [0.5, 0.6) is 11.5 Å². The van der Waals surface area contributed by atoms with E-state index in [9.17, 15) is 4.79 Å². The first-order valence-electron chi connectivity index (χ1n) is 6.99. The Hall–Kier alpha value is -1.61. The molecule has 110 valence electrons. The first-order valence-corrected chi connectivity index (χ1v) is 7.78. The molecule has 0 bridgehead atoms. The van der Waals surface area contributed by atoms with Gasteiger partial charge < -0.3 is 4.74 Å². The average Bonchev–Trinajstić information content (AvgIpc) is 2.50. The van der Waals surface area contributed by atoms with Crippen molar-refractivity contribution in [1.82, 2.24) is 0 Å². The predicted octanol–water partition coefficient (Wildman–Crippen LogP) is 5.74. The van der Waals surface area contributed by atoms with Gasteiger partial charge in [-0.15, -0.1) is 0 Å². The molecule has 2 nitrogen and oxygen atoms in total. The number of ether oxygens (including phenoxy) is 1. The quantitative estimate of drug-likeness (QED) is 0.645. The zero-order valence-electron chi connectivity index (χ0n) is 12.5. The normalized spacial score (nSPS) is 11.2. The van der Waals surface area contributed by atoms with Gasteiger partial charge >= 0.3 is 0 Å². The Balaban J connectivity index is 2.19. The van der Waals surface area contributed by atoms with Crippen LogP contribution in [0.2, 0.25) is 0 Å². The monoisotopic (exact) mass is 346 g/mol. The number of benzene rings is 2. The lowest BCUT2D eigenvalue weighted by Gasteiger charge is -2.23. The number of carbonyl (C=O) groups excluding carboxylic acids is 1. The van der Waals surface area contributed by atoms with Crippen LogP contribution in [-0.4, -0.2) is 6.29 Å².